The summed E-state index contributed by atoms with van der Waals surface area (Å²) in [4.78, 5) is 28.0. The lowest BCUT2D eigenvalue weighted by molar-refractivity contribution is -0.116. The maximum Gasteiger partial charge on any atom is 0.251 e. The Morgan fingerprint density at radius 2 is 1.82 bits per heavy atom. The van der Waals surface area contributed by atoms with Crippen molar-refractivity contribution in [3.63, 3.8) is 0 Å². The summed E-state index contributed by atoms with van der Waals surface area (Å²) >= 11 is 1.33. The molecule has 206 valence electrons. The Kier molecular flexibility index (Phi) is 8.65. The molecular weight excluding hydrogens is 526 g/mol. The number of carbonyl (C=O) groups excluding carboxylic acids is 2. The molecule has 0 bridgehead atoms. The average molecular weight is 558 g/mol. The first kappa shape index (κ1) is 27.3. The number of aryl methyl sites for hydroxylation is 1. The molecule has 5 rings (SSSR count). The number of ether oxygens (including phenoxy) is 2. The number of thioether (sulfide) groups is 1. The molecule has 0 saturated heterocycles. The Labute approximate surface area is 237 Å². The van der Waals surface area contributed by atoms with Crippen LogP contribution >= 0.6 is 11.8 Å². The summed E-state index contributed by atoms with van der Waals surface area (Å²) in [5.74, 6) is 1.86. The van der Waals surface area contributed by atoms with Crippen LogP contribution in [0.2, 0.25) is 0 Å². The monoisotopic (exact) mass is 557 g/mol. The van der Waals surface area contributed by atoms with Gasteiger partial charge in [-0.3, -0.25) is 14.2 Å². The van der Waals surface area contributed by atoms with E-state index in [0.29, 0.717) is 35.4 Å². The quantitative estimate of drug-likeness (QED) is 0.283. The van der Waals surface area contributed by atoms with Crippen LogP contribution in [-0.4, -0.2) is 52.6 Å². The lowest BCUT2D eigenvalue weighted by atomic mass is 10.0. The molecule has 0 aliphatic carbocycles. The van der Waals surface area contributed by atoms with Crippen LogP contribution in [0.4, 0.5) is 5.69 Å². The van der Waals surface area contributed by atoms with Gasteiger partial charge in [-0.25, -0.2) is 0 Å². The predicted molar refractivity (Wildman–Crippen MR) is 155 cm³/mol. The smallest absolute Gasteiger partial charge is 0.251 e. The van der Waals surface area contributed by atoms with E-state index < -0.39 is 0 Å². The van der Waals surface area contributed by atoms with Crippen LogP contribution < -0.4 is 19.7 Å². The molecule has 0 atom stereocenters. The van der Waals surface area contributed by atoms with Crippen molar-refractivity contribution >= 4 is 29.3 Å². The molecule has 1 aromatic heterocycles. The lowest BCUT2D eigenvalue weighted by Crippen LogP contribution is -2.36. The molecule has 0 fully saturated rings. The van der Waals surface area contributed by atoms with E-state index in [1.807, 2.05) is 58.9 Å². The number of amides is 2. The van der Waals surface area contributed by atoms with Gasteiger partial charge in [0, 0.05) is 23.5 Å². The molecule has 40 heavy (non-hydrogen) atoms. The molecule has 9 nitrogen and oxygen atoms in total. The fourth-order valence-corrected chi connectivity index (χ4v) is 5.50. The van der Waals surface area contributed by atoms with Crippen LogP contribution in [-0.2, 0) is 17.8 Å². The summed E-state index contributed by atoms with van der Waals surface area (Å²) in [6.45, 7) is 3.34. The van der Waals surface area contributed by atoms with E-state index in [0.717, 1.165) is 30.0 Å². The molecule has 3 aromatic carbocycles. The van der Waals surface area contributed by atoms with E-state index in [1.54, 1.807) is 31.4 Å². The number of anilines is 1. The summed E-state index contributed by atoms with van der Waals surface area (Å²) < 4.78 is 12.7. The van der Waals surface area contributed by atoms with E-state index in [2.05, 4.69) is 21.6 Å². The molecule has 0 spiro atoms. The second-order valence-corrected chi connectivity index (χ2v) is 10.1. The van der Waals surface area contributed by atoms with Crippen molar-refractivity contribution in [3.05, 3.63) is 89.7 Å². The van der Waals surface area contributed by atoms with Gasteiger partial charge in [0.05, 0.1) is 26.0 Å². The molecule has 0 radical (unpaired) electrons. The molecule has 2 amide bonds. The number of nitrogens with zero attached hydrogens (tertiary/aromatic N) is 4. The van der Waals surface area contributed by atoms with Crippen LogP contribution in [0.25, 0.3) is 5.69 Å². The summed E-state index contributed by atoms with van der Waals surface area (Å²) in [6, 6.07) is 22.6. The number of aromatic nitrogens is 3. The van der Waals surface area contributed by atoms with Crippen molar-refractivity contribution in [3.8, 4) is 17.2 Å². The summed E-state index contributed by atoms with van der Waals surface area (Å²) in [7, 11) is 1.56. The van der Waals surface area contributed by atoms with Gasteiger partial charge in [-0.1, -0.05) is 36.0 Å². The van der Waals surface area contributed by atoms with E-state index >= 15 is 0 Å². The summed E-state index contributed by atoms with van der Waals surface area (Å²) in [6.07, 6.45) is 1.91. The maximum atomic E-state index is 13.3. The number of benzene rings is 3. The minimum absolute atomic E-state index is 0.0197. The Hall–Kier alpha value is -4.31. The van der Waals surface area contributed by atoms with Crippen molar-refractivity contribution in [2.75, 3.05) is 30.9 Å². The molecule has 0 saturated carbocycles. The molecule has 4 aromatic rings. The number of fused-ring (bicyclic) bond motifs is 1. The number of hydrogen-bond acceptors (Lipinski definition) is 7. The number of hydrogen-bond donors (Lipinski definition) is 1. The lowest BCUT2D eigenvalue weighted by Gasteiger charge is -2.29. The summed E-state index contributed by atoms with van der Waals surface area (Å²) in [5.41, 5.74) is 3.46. The third kappa shape index (κ3) is 6.12. The highest BCUT2D eigenvalue weighted by Crippen LogP contribution is 2.29. The van der Waals surface area contributed by atoms with Crippen molar-refractivity contribution in [1.29, 1.82) is 0 Å². The molecule has 1 N–H and O–H groups in total. The van der Waals surface area contributed by atoms with Crippen molar-refractivity contribution < 1.29 is 19.1 Å². The highest BCUT2D eigenvalue weighted by molar-refractivity contribution is 7.99. The number of methoxy groups -OCH3 is 1. The minimum atomic E-state index is -0.256. The maximum absolute atomic E-state index is 13.3. The van der Waals surface area contributed by atoms with Crippen molar-refractivity contribution in [2.45, 2.75) is 31.5 Å². The largest absolute Gasteiger partial charge is 0.497 e. The number of carbonyl (C=O) groups is 2. The van der Waals surface area contributed by atoms with Gasteiger partial charge in [0.1, 0.15) is 11.5 Å². The van der Waals surface area contributed by atoms with Crippen molar-refractivity contribution in [1.82, 2.24) is 20.1 Å². The van der Waals surface area contributed by atoms with E-state index in [4.69, 9.17) is 9.47 Å². The zero-order chi connectivity index (χ0) is 27.9. The SMILES string of the molecule is CCOc1ccc(-n2c(CNC(=O)c3cccc(OC)c3)nnc2SCC(=O)N2CCCc3ccccc32)cc1. The van der Waals surface area contributed by atoms with E-state index in [9.17, 15) is 9.59 Å². The second kappa shape index (κ2) is 12.7. The Bertz CT molecular complexity index is 1490. The van der Waals surface area contributed by atoms with Gasteiger partial charge in [0.25, 0.3) is 5.91 Å². The Balaban J connectivity index is 1.36. The van der Waals surface area contributed by atoms with Gasteiger partial charge in [-0.2, -0.15) is 0 Å². The number of rotatable bonds is 10. The van der Waals surface area contributed by atoms with Gasteiger partial charge in [-0.15, -0.1) is 10.2 Å². The van der Waals surface area contributed by atoms with Crippen LogP contribution in [0, 0.1) is 0 Å². The third-order valence-corrected chi connectivity index (χ3v) is 7.50. The number of nitrogens with one attached hydrogen (secondary N) is 1. The molecular formula is C30H31N5O4S. The zero-order valence-corrected chi connectivity index (χ0v) is 23.3. The second-order valence-electron chi connectivity index (χ2n) is 9.14. The van der Waals surface area contributed by atoms with E-state index in [1.165, 1.54) is 17.3 Å². The molecule has 0 unspecified atom stereocenters. The van der Waals surface area contributed by atoms with Gasteiger partial charge in [0.2, 0.25) is 5.91 Å². The minimum Gasteiger partial charge on any atom is -0.497 e. The van der Waals surface area contributed by atoms with Gasteiger partial charge in [0.15, 0.2) is 11.0 Å². The van der Waals surface area contributed by atoms with Gasteiger partial charge in [-0.05, 0) is 73.9 Å². The first-order chi connectivity index (χ1) is 19.6. The zero-order valence-electron chi connectivity index (χ0n) is 22.5. The summed E-state index contributed by atoms with van der Waals surface area (Å²) in [5, 5.41) is 12.3. The van der Waals surface area contributed by atoms with Crippen LogP contribution in [0.3, 0.4) is 0 Å². The predicted octanol–water partition coefficient (Wildman–Crippen LogP) is 4.68. The number of para-hydroxylation sites is 1. The van der Waals surface area contributed by atoms with E-state index in [-0.39, 0.29) is 24.1 Å². The topological polar surface area (TPSA) is 98.6 Å². The molecule has 2 heterocycles. The fourth-order valence-electron chi connectivity index (χ4n) is 4.65. The van der Waals surface area contributed by atoms with Gasteiger partial charge >= 0.3 is 0 Å². The first-order valence-corrected chi connectivity index (χ1v) is 14.2. The Morgan fingerprint density at radius 1 is 1.00 bits per heavy atom. The molecule has 1 aliphatic rings. The molecule has 1 aliphatic heterocycles. The van der Waals surface area contributed by atoms with Crippen LogP contribution in [0.5, 0.6) is 11.5 Å². The third-order valence-electron chi connectivity index (χ3n) is 6.58. The van der Waals surface area contributed by atoms with Crippen molar-refractivity contribution in [2.24, 2.45) is 0 Å². The van der Waals surface area contributed by atoms with Crippen LogP contribution in [0.15, 0.2) is 78.0 Å². The average Bonchev–Trinajstić information content (AvgIpc) is 3.41. The van der Waals surface area contributed by atoms with Crippen LogP contribution in [0.1, 0.15) is 35.1 Å². The molecule has 10 heteroatoms. The Morgan fingerprint density at radius 3 is 2.62 bits per heavy atom. The highest BCUT2D eigenvalue weighted by Gasteiger charge is 2.24. The van der Waals surface area contributed by atoms with Gasteiger partial charge < -0.3 is 19.7 Å². The first-order valence-electron chi connectivity index (χ1n) is 13.2. The normalized spacial score (nSPS) is 12.5. The fraction of sp³-hybridized carbons (Fsp3) is 0.267. The highest BCUT2D eigenvalue weighted by atomic mass is 32.2. The standard InChI is InChI=1S/C30H31N5O4S/c1-3-39-24-15-13-23(14-16-24)35-27(19-31-29(37)22-9-6-11-25(18-22)38-2)32-33-30(35)40-20-28(36)34-17-7-10-21-8-4-5-12-26(21)34/h4-6,8-9,11-16,18H,3,7,10,17,19-20H2,1-2H3,(H,31,37).